The van der Waals surface area contributed by atoms with Crippen LogP contribution in [0.3, 0.4) is 0 Å². The summed E-state index contributed by atoms with van der Waals surface area (Å²) in [6.07, 6.45) is -0.855. The SMILES string of the molecule is Nc1nc(N)nc(COC(=O)[C@@H]2COc3ccccc3O2)n1. The van der Waals surface area contributed by atoms with Crippen molar-refractivity contribution in [2.24, 2.45) is 0 Å². The van der Waals surface area contributed by atoms with Gasteiger partial charge >= 0.3 is 5.97 Å². The fourth-order valence-corrected chi connectivity index (χ4v) is 1.89. The molecule has 9 nitrogen and oxygen atoms in total. The normalized spacial score (nSPS) is 16.1. The van der Waals surface area contributed by atoms with Crippen molar-refractivity contribution in [2.75, 3.05) is 18.1 Å². The second-order valence-electron chi connectivity index (χ2n) is 4.44. The maximum atomic E-state index is 12.0. The first kappa shape index (κ1) is 13.9. The topological polar surface area (TPSA) is 135 Å². The molecule has 9 heteroatoms. The first-order valence-corrected chi connectivity index (χ1v) is 6.43. The Labute approximate surface area is 125 Å². The van der Waals surface area contributed by atoms with E-state index in [1.165, 1.54) is 0 Å². The fourth-order valence-electron chi connectivity index (χ4n) is 1.89. The number of hydrogen-bond acceptors (Lipinski definition) is 9. The lowest BCUT2D eigenvalue weighted by Gasteiger charge is -2.24. The molecule has 0 saturated heterocycles. The van der Waals surface area contributed by atoms with Gasteiger partial charge in [-0.05, 0) is 12.1 Å². The van der Waals surface area contributed by atoms with Crippen molar-refractivity contribution in [2.45, 2.75) is 12.7 Å². The van der Waals surface area contributed by atoms with Crippen molar-refractivity contribution < 1.29 is 19.0 Å². The largest absolute Gasteiger partial charge is 0.485 e. The molecule has 0 saturated carbocycles. The van der Waals surface area contributed by atoms with Crippen molar-refractivity contribution in [1.82, 2.24) is 15.0 Å². The van der Waals surface area contributed by atoms with Gasteiger partial charge in [0.1, 0.15) is 6.61 Å². The van der Waals surface area contributed by atoms with Crippen LogP contribution in [0.2, 0.25) is 0 Å². The number of para-hydroxylation sites is 2. The Morgan fingerprint density at radius 1 is 1.18 bits per heavy atom. The number of ether oxygens (including phenoxy) is 3. The minimum Gasteiger partial charge on any atom is -0.485 e. The number of nitrogens with two attached hydrogens (primary N) is 2. The van der Waals surface area contributed by atoms with Crippen LogP contribution >= 0.6 is 0 Å². The summed E-state index contributed by atoms with van der Waals surface area (Å²) in [6, 6.07) is 7.07. The summed E-state index contributed by atoms with van der Waals surface area (Å²) in [4.78, 5) is 23.2. The Kier molecular flexibility index (Phi) is 3.60. The van der Waals surface area contributed by atoms with E-state index in [1.54, 1.807) is 18.2 Å². The molecule has 0 spiro atoms. The molecule has 1 aromatic carbocycles. The van der Waals surface area contributed by atoms with Crippen molar-refractivity contribution in [1.29, 1.82) is 0 Å². The third-order valence-electron chi connectivity index (χ3n) is 2.83. The minimum atomic E-state index is -0.855. The van der Waals surface area contributed by atoms with Crippen LogP contribution in [-0.2, 0) is 16.1 Å². The van der Waals surface area contributed by atoms with E-state index in [0.29, 0.717) is 11.5 Å². The minimum absolute atomic E-state index is 0.0373. The van der Waals surface area contributed by atoms with Crippen LogP contribution in [0.1, 0.15) is 5.82 Å². The highest BCUT2D eigenvalue weighted by Gasteiger charge is 2.28. The monoisotopic (exact) mass is 303 g/mol. The number of aromatic nitrogens is 3. The number of carbonyl (C=O) groups excluding carboxylic acids is 1. The Balaban J connectivity index is 1.61. The molecule has 0 unspecified atom stereocenters. The van der Waals surface area contributed by atoms with Crippen molar-refractivity contribution in [3.05, 3.63) is 30.1 Å². The predicted molar refractivity (Wildman–Crippen MR) is 74.8 cm³/mol. The van der Waals surface area contributed by atoms with Gasteiger partial charge in [0.25, 0.3) is 0 Å². The zero-order valence-corrected chi connectivity index (χ0v) is 11.4. The Morgan fingerprint density at radius 2 is 1.86 bits per heavy atom. The van der Waals surface area contributed by atoms with Crippen LogP contribution in [0.15, 0.2) is 24.3 Å². The maximum absolute atomic E-state index is 12.0. The molecule has 0 radical (unpaired) electrons. The van der Waals surface area contributed by atoms with Crippen LogP contribution in [0, 0.1) is 0 Å². The fraction of sp³-hybridized carbons (Fsp3) is 0.231. The van der Waals surface area contributed by atoms with Gasteiger partial charge in [0.05, 0.1) is 0 Å². The summed E-state index contributed by atoms with van der Waals surface area (Å²) in [7, 11) is 0. The summed E-state index contributed by atoms with van der Waals surface area (Å²) in [5.41, 5.74) is 10.9. The standard InChI is InChI=1S/C13H13N5O4/c14-12-16-10(17-13(15)18-12)6-21-11(19)9-5-20-7-3-1-2-4-8(7)22-9/h1-4,9H,5-6H2,(H4,14,15,16,17,18)/t9-/m0/s1. The average Bonchev–Trinajstić information content (AvgIpc) is 2.51. The molecular weight excluding hydrogens is 290 g/mol. The Hall–Kier alpha value is -3.10. The summed E-state index contributed by atoms with van der Waals surface area (Å²) in [5.74, 6) is 0.575. The van der Waals surface area contributed by atoms with E-state index >= 15 is 0 Å². The van der Waals surface area contributed by atoms with Crippen LogP contribution in [0.25, 0.3) is 0 Å². The van der Waals surface area contributed by atoms with E-state index < -0.39 is 12.1 Å². The highest BCUT2D eigenvalue weighted by molar-refractivity contribution is 5.75. The number of nitrogens with zero attached hydrogens (tertiary/aromatic N) is 3. The molecule has 2 heterocycles. The number of esters is 1. The zero-order chi connectivity index (χ0) is 15.5. The van der Waals surface area contributed by atoms with Crippen LogP contribution in [0.4, 0.5) is 11.9 Å². The molecule has 3 rings (SSSR count). The smallest absolute Gasteiger partial charge is 0.351 e. The molecule has 1 aromatic heterocycles. The predicted octanol–water partition coefficient (Wildman–Crippen LogP) is -0.0808. The number of fused-ring (bicyclic) bond motifs is 1. The molecular formula is C13H13N5O4. The third kappa shape index (κ3) is 2.97. The second-order valence-corrected chi connectivity index (χ2v) is 4.44. The second kappa shape index (κ2) is 5.72. The number of carbonyl (C=O) groups is 1. The van der Waals surface area contributed by atoms with Crippen molar-refractivity contribution >= 4 is 17.9 Å². The van der Waals surface area contributed by atoms with E-state index in [4.69, 9.17) is 25.7 Å². The lowest BCUT2D eigenvalue weighted by molar-refractivity contribution is -0.156. The molecule has 1 aliphatic rings. The highest BCUT2D eigenvalue weighted by atomic mass is 16.6. The quantitative estimate of drug-likeness (QED) is 0.746. The molecule has 0 fully saturated rings. The third-order valence-corrected chi connectivity index (χ3v) is 2.83. The van der Waals surface area contributed by atoms with E-state index in [1.807, 2.05) is 6.07 Å². The van der Waals surface area contributed by atoms with Gasteiger partial charge in [0.2, 0.25) is 18.0 Å². The first-order chi connectivity index (χ1) is 10.6. The van der Waals surface area contributed by atoms with Gasteiger partial charge in [0, 0.05) is 0 Å². The number of anilines is 2. The van der Waals surface area contributed by atoms with Crippen LogP contribution in [0.5, 0.6) is 11.5 Å². The zero-order valence-electron chi connectivity index (χ0n) is 11.4. The molecule has 0 bridgehead atoms. The van der Waals surface area contributed by atoms with Crippen LogP contribution in [-0.4, -0.2) is 33.6 Å². The maximum Gasteiger partial charge on any atom is 0.351 e. The summed E-state index contributed by atoms with van der Waals surface area (Å²) < 4.78 is 16.1. The lowest BCUT2D eigenvalue weighted by atomic mass is 10.2. The summed E-state index contributed by atoms with van der Waals surface area (Å²) in [6.45, 7) is -0.116. The molecule has 22 heavy (non-hydrogen) atoms. The van der Waals surface area contributed by atoms with E-state index in [2.05, 4.69) is 15.0 Å². The molecule has 1 aliphatic heterocycles. The van der Waals surface area contributed by atoms with Gasteiger partial charge < -0.3 is 25.7 Å². The van der Waals surface area contributed by atoms with Gasteiger partial charge in [-0.25, -0.2) is 4.79 Å². The molecule has 1 atom stereocenters. The Bertz CT molecular complexity index is 688. The van der Waals surface area contributed by atoms with Gasteiger partial charge in [-0.15, -0.1) is 0 Å². The lowest BCUT2D eigenvalue weighted by Crippen LogP contribution is -2.37. The molecule has 4 N–H and O–H groups in total. The van der Waals surface area contributed by atoms with Crippen molar-refractivity contribution in [3.8, 4) is 11.5 Å². The number of nitrogen functional groups attached to an aromatic ring is 2. The van der Waals surface area contributed by atoms with Gasteiger partial charge in [-0.1, -0.05) is 12.1 Å². The number of benzene rings is 1. The van der Waals surface area contributed by atoms with E-state index in [0.717, 1.165) is 0 Å². The van der Waals surface area contributed by atoms with E-state index in [9.17, 15) is 4.79 Å². The Morgan fingerprint density at radius 3 is 2.59 bits per heavy atom. The summed E-state index contributed by atoms with van der Waals surface area (Å²) in [5, 5.41) is 0. The molecule has 0 aliphatic carbocycles. The molecule has 2 aromatic rings. The highest BCUT2D eigenvalue weighted by Crippen LogP contribution is 2.31. The number of hydrogen-bond donors (Lipinski definition) is 2. The molecule has 0 amide bonds. The van der Waals surface area contributed by atoms with Gasteiger partial charge in [-0.3, -0.25) is 0 Å². The van der Waals surface area contributed by atoms with Gasteiger partial charge in [-0.2, -0.15) is 15.0 Å². The first-order valence-electron chi connectivity index (χ1n) is 6.43. The molecule has 114 valence electrons. The van der Waals surface area contributed by atoms with Crippen LogP contribution < -0.4 is 20.9 Å². The van der Waals surface area contributed by atoms with Crippen molar-refractivity contribution in [3.63, 3.8) is 0 Å². The van der Waals surface area contributed by atoms with Gasteiger partial charge in [0.15, 0.2) is 23.9 Å². The van der Waals surface area contributed by atoms with E-state index in [-0.39, 0.29) is 30.9 Å². The average molecular weight is 303 g/mol. The number of rotatable bonds is 3. The summed E-state index contributed by atoms with van der Waals surface area (Å²) >= 11 is 0.